The van der Waals surface area contributed by atoms with E-state index in [9.17, 15) is 9.90 Å². The predicted molar refractivity (Wildman–Crippen MR) is 129 cm³/mol. The van der Waals surface area contributed by atoms with Gasteiger partial charge in [0.15, 0.2) is 11.5 Å². The van der Waals surface area contributed by atoms with Crippen LogP contribution in [0, 0.1) is 5.92 Å². The van der Waals surface area contributed by atoms with E-state index in [1.54, 1.807) is 0 Å². The molecule has 1 aromatic carbocycles. The zero-order valence-electron chi connectivity index (χ0n) is 20.7. The normalized spacial score (nSPS) is 26.4. The Bertz CT molecular complexity index is 871. The number of carbonyl (C=O) groups excluding carboxylic acids is 1. The van der Waals surface area contributed by atoms with Crippen LogP contribution in [0.15, 0.2) is 18.2 Å². The third-order valence-corrected chi connectivity index (χ3v) is 7.69. The first-order valence-electron chi connectivity index (χ1n) is 13.1. The van der Waals surface area contributed by atoms with Crippen molar-refractivity contribution < 1.29 is 28.9 Å². The number of fused-ring (bicyclic) bond motifs is 1. The summed E-state index contributed by atoms with van der Waals surface area (Å²) in [5.41, 5.74) is 0.499. The van der Waals surface area contributed by atoms with E-state index >= 15 is 0 Å². The number of likely N-dealkylation sites (tertiary alicyclic amines) is 1. The monoisotopic (exact) mass is 489 g/mol. The van der Waals surface area contributed by atoms with Crippen molar-refractivity contribution in [2.24, 2.45) is 5.92 Å². The number of benzene rings is 1. The van der Waals surface area contributed by atoms with Gasteiger partial charge in [0.25, 0.3) is 0 Å². The van der Waals surface area contributed by atoms with E-state index in [0.29, 0.717) is 51.0 Å². The smallest absolute Gasteiger partial charge is 0.224 e. The molecule has 0 saturated carbocycles. The highest BCUT2D eigenvalue weighted by Gasteiger charge is 2.37. The molecule has 1 aromatic rings. The Morgan fingerprint density at radius 2 is 1.89 bits per heavy atom. The Balaban J connectivity index is 1.23. The van der Waals surface area contributed by atoms with Crippen LogP contribution in [0.2, 0.25) is 0 Å². The molecule has 35 heavy (non-hydrogen) atoms. The standard InChI is InChI=1S/C26H39N3O6/c1-26(7-12-32-13-8-26)35-29-11-6-20(17-29)25(31)27-21(18-28-9-2-3-10-28)24(30)19-4-5-22-23(16-19)34-15-14-33-22/h4-5,16,20-21,24,30H,2-3,6-15,17-18H2,1H3,(H,27,31)/t20-,21+,24+/m0/s1. The van der Waals surface area contributed by atoms with Gasteiger partial charge in [0.1, 0.15) is 19.3 Å². The first kappa shape index (κ1) is 24.8. The van der Waals surface area contributed by atoms with Gasteiger partial charge in [-0.2, -0.15) is 5.06 Å². The summed E-state index contributed by atoms with van der Waals surface area (Å²) in [6.07, 6.45) is 3.93. The van der Waals surface area contributed by atoms with Gasteiger partial charge in [-0.3, -0.25) is 9.63 Å². The minimum atomic E-state index is -0.842. The average molecular weight is 490 g/mol. The molecule has 0 spiro atoms. The van der Waals surface area contributed by atoms with Gasteiger partial charge in [-0.1, -0.05) is 6.07 Å². The Hall–Kier alpha value is -1.91. The van der Waals surface area contributed by atoms with Crippen LogP contribution in [-0.2, 0) is 14.4 Å². The Kier molecular flexibility index (Phi) is 7.79. The molecule has 5 rings (SSSR count). The van der Waals surface area contributed by atoms with E-state index in [4.69, 9.17) is 19.0 Å². The zero-order chi connectivity index (χ0) is 24.3. The molecule has 2 N–H and O–H groups in total. The molecular formula is C26H39N3O6. The number of hydrogen-bond donors (Lipinski definition) is 2. The Labute approximate surface area is 207 Å². The molecule has 9 nitrogen and oxygen atoms in total. The average Bonchev–Trinajstić information content (AvgIpc) is 3.55. The molecule has 3 fully saturated rings. The zero-order valence-corrected chi connectivity index (χ0v) is 20.7. The summed E-state index contributed by atoms with van der Waals surface area (Å²) in [5.74, 6) is 1.15. The summed E-state index contributed by atoms with van der Waals surface area (Å²) in [6.45, 7) is 8.47. The van der Waals surface area contributed by atoms with Crippen LogP contribution in [0.1, 0.15) is 50.7 Å². The van der Waals surface area contributed by atoms with Gasteiger partial charge >= 0.3 is 0 Å². The number of hydroxylamine groups is 2. The topological polar surface area (TPSA) is 92.7 Å². The fraction of sp³-hybridized carbons (Fsp3) is 0.731. The van der Waals surface area contributed by atoms with E-state index in [0.717, 1.165) is 57.3 Å². The van der Waals surface area contributed by atoms with Crippen molar-refractivity contribution in [3.05, 3.63) is 23.8 Å². The molecule has 1 amide bonds. The largest absolute Gasteiger partial charge is 0.486 e. The highest BCUT2D eigenvalue weighted by molar-refractivity contribution is 5.79. The number of rotatable bonds is 8. The van der Waals surface area contributed by atoms with Crippen LogP contribution in [0.4, 0.5) is 0 Å². The van der Waals surface area contributed by atoms with Crippen LogP contribution in [-0.4, -0.2) is 91.8 Å². The fourth-order valence-electron chi connectivity index (χ4n) is 5.48. The Morgan fingerprint density at radius 1 is 1.14 bits per heavy atom. The number of ether oxygens (including phenoxy) is 3. The van der Waals surface area contributed by atoms with Gasteiger partial charge in [-0.25, -0.2) is 0 Å². The van der Waals surface area contributed by atoms with Crippen molar-refractivity contribution in [3.63, 3.8) is 0 Å². The maximum Gasteiger partial charge on any atom is 0.224 e. The van der Waals surface area contributed by atoms with E-state index in [1.807, 2.05) is 23.3 Å². The number of amides is 1. The number of nitrogens with zero attached hydrogens (tertiary/aromatic N) is 2. The molecule has 4 aliphatic heterocycles. The van der Waals surface area contributed by atoms with Gasteiger partial charge in [0.05, 0.1) is 17.6 Å². The number of aliphatic hydroxyl groups is 1. The number of carbonyl (C=O) groups is 1. The lowest BCUT2D eigenvalue weighted by Crippen LogP contribution is -2.49. The summed E-state index contributed by atoms with van der Waals surface area (Å²) in [4.78, 5) is 21.9. The third kappa shape index (κ3) is 6.09. The second kappa shape index (κ2) is 11.0. The quantitative estimate of drug-likeness (QED) is 0.572. The van der Waals surface area contributed by atoms with E-state index in [-0.39, 0.29) is 17.4 Å². The molecule has 3 atom stereocenters. The molecule has 4 aliphatic rings. The lowest BCUT2D eigenvalue weighted by Gasteiger charge is -2.36. The van der Waals surface area contributed by atoms with Gasteiger partial charge in [-0.05, 0) is 57.0 Å². The number of aliphatic hydroxyl groups excluding tert-OH is 1. The molecule has 0 aromatic heterocycles. The Morgan fingerprint density at radius 3 is 2.66 bits per heavy atom. The number of nitrogens with one attached hydrogen (secondary N) is 1. The SMILES string of the molecule is CC1(ON2CC[C@H](C(=O)N[C@H](CN3CCCC3)[C@H](O)c3ccc4c(c3)OCCO4)C2)CCOCC1. The van der Waals surface area contributed by atoms with E-state index in [1.165, 1.54) is 0 Å². The highest BCUT2D eigenvalue weighted by Crippen LogP contribution is 2.34. The second-order valence-corrected chi connectivity index (χ2v) is 10.5. The van der Waals surface area contributed by atoms with Gasteiger partial charge in [0, 0.05) is 45.7 Å². The van der Waals surface area contributed by atoms with Gasteiger partial charge < -0.3 is 29.5 Å². The summed E-state index contributed by atoms with van der Waals surface area (Å²) in [7, 11) is 0. The van der Waals surface area contributed by atoms with E-state index < -0.39 is 12.1 Å². The van der Waals surface area contributed by atoms with Crippen LogP contribution < -0.4 is 14.8 Å². The van der Waals surface area contributed by atoms with Crippen LogP contribution >= 0.6 is 0 Å². The third-order valence-electron chi connectivity index (χ3n) is 7.69. The summed E-state index contributed by atoms with van der Waals surface area (Å²) >= 11 is 0. The molecule has 0 radical (unpaired) electrons. The second-order valence-electron chi connectivity index (χ2n) is 10.5. The molecule has 0 bridgehead atoms. The lowest BCUT2D eigenvalue weighted by atomic mass is 9.97. The molecule has 4 heterocycles. The first-order chi connectivity index (χ1) is 17.0. The lowest BCUT2D eigenvalue weighted by molar-refractivity contribution is -0.251. The summed E-state index contributed by atoms with van der Waals surface area (Å²) in [5, 5.41) is 16.5. The predicted octanol–water partition coefficient (Wildman–Crippen LogP) is 1.89. The molecule has 194 valence electrons. The van der Waals surface area contributed by atoms with Crippen molar-refractivity contribution in [2.45, 2.75) is 56.8 Å². The van der Waals surface area contributed by atoms with Crippen LogP contribution in [0.5, 0.6) is 11.5 Å². The highest BCUT2D eigenvalue weighted by atomic mass is 16.7. The maximum atomic E-state index is 13.3. The molecule has 9 heteroatoms. The maximum absolute atomic E-state index is 13.3. The first-order valence-corrected chi connectivity index (χ1v) is 13.1. The fourth-order valence-corrected chi connectivity index (χ4v) is 5.48. The van der Waals surface area contributed by atoms with Crippen molar-refractivity contribution in [1.82, 2.24) is 15.3 Å². The molecule has 3 saturated heterocycles. The number of hydrogen-bond acceptors (Lipinski definition) is 8. The van der Waals surface area contributed by atoms with Crippen molar-refractivity contribution in [1.29, 1.82) is 0 Å². The molecule has 0 unspecified atom stereocenters. The molecular weight excluding hydrogens is 450 g/mol. The minimum absolute atomic E-state index is 0.0194. The van der Waals surface area contributed by atoms with Crippen LogP contribution in [0.3, 0.4) is 0 Å². The van der Waals surface area contributed by atoms with E-state index in [2.05, 4.69) is 17.1 Å². The van der Waals surface area contributed by atoms with Gasteiger partial charge in [-0.15, -0.1) is 0 Å². The minimum Gasteiger partial charge on any atom is -0.486 e. The van der Waals surface area contributed by atoms with Crippen LogP contribution in [0.25, 0.3) is 0 Å². The van der Waals surface area contributed by atoms with Crippen molar-refractivity contribution >= 4 is 5.91 Å². The van der Waals surface area contributed by atoms with Crippen molar-refractivity contribution in [2.75, 3.05) is 59.2 Å². The molecule has 0 aliphatic carbocycles. The van der Waals surface area contributed by atoms with Crippen molar-refractivity contribution in [3.8, 4) is 11.5 Å². The summed E-state index contributed by atoms with van der Waals surface area (Å²) in [6, 6.07) is 5.12. The van der Waals surface area contributed by atoms with Gasteiger partial charge in [0.2, 0.25) is 5.91 Å². The summed E-state index contributed by atoms with van der Waals surface area (Å²) < 4.78 is 16.8.